The summed E-state index contributed by atoms with van der Waals surface area (Å²) >= 11 is 0. The highest BCUT2D eigenvalue weighted by Gasteiger charge is 2.28. The van der Waals surface area contributed by atoms with Crippen LogP contribution in [0.3, 0.4) is 0 Å². The Kier molecular flexibility index (Phi) is 17.7. The normalized spacial score (nSPS) is 18.8. The van der Waals surface area contributed by atoms with Crippen LogP contribution in [0.4, 0.5) is 13.2 Å². The molecule has 0 radical (unpaired) electrons. The first-order chi connectivity index (χ1) is 20.4. The first kappa shape index (κ1) is 38.0. The summed E-state index contributed by atoms with van der Waals surface area (Å²) in [5.74, 6) is 2.55. The molecule has 0 saturated heterocycles. The molecule has 0 aromatic heterocycles. The third-order valence-electron chi connectivity index (χ3n) is 7.30. The summed E-state index contributed by atoms with van der Waals surface area (Å²) in [6.07, 6.45) is 5.33. The van der Waals surface area contributed by atoms with Crippen LogP contribution >= 0.6 is 0 Å². The van der Waals surface area contributed by atoms with Crippen molar-refractivity contribution in [3.05, 3.63) is 101 Å². The van der Waals surface area contributed by atoms with Gasteiger partial charge in [-0.3, -0.25) is 0 Å². The smallest absolute Gasteiger partial charge is 0.409 e. The lowest BCUT2D eigenvalue weighted by atomic mass is 9.75. The first-order valence-electron chi connectivity index (χ1n) is 14.9. The molecule has 1 aliphatic carbocycles. The summed E-state index contributed by atoms with van der Waals surface area (Å²) in [6, 6.07) is 13.7. The lowest BCUT2D eigenvalue weighted by Crippen LogP contribution is -2.21. The fourth-order valence-corrected chi connectivity index (χ4v) is 5.54. The fourth-order valence-electron chi connectivity index (χ4n) is 5.54. The number of ether oxygens (including phenoxy) is 3. The van der Waals surface area contributed by atoms with Gasteiger partial charge in [0.25, 0.3) is 0 Å². The summed E-state index contributed by atoms with van der Waals surface area (Å²) in [7, 11) is 6.50. The third-order valence-corrected chi connectivity index (χ3v) is 7.30. The van der Waals surface area contributed by atoms with Gasteiger partial charge in [-0.1, -0.05) is 82.0 Å². The number of alkyl halides is 3. The number of halogens is 3. The monoisotopic (exact) mass is 604 g/mol. The molecule has 0 fully saturated rings. The molecule has 0 spiro atoms. The fraction of sp³-hybridized carbons (Fsp3) is 0.486. The molecule has 43 heavy (non-hydrogen) atoms. The number of allylic oxidation sites excluding steroid dienone is 4. The summed E-state index contributed by atoms with van der Waals surface area (Å²) in [6.45, 7) is 13.3. The first-order valence-corrected chi connectivity index (χ1v) is 14.9. The van der Waals surface area contributed by atoms with Crippen molar-refractivity contribution in [2.24, 2.45) is 17.8 Å². The van der Waals surface area contributed by atoms with E-state index >= 15 is 0 Å². The molecule has 0 saturated carbocycles. The summed E-state index contributed by atoms with van der Waals surface area (Å²) in [4.78, 5) is 0. The summed E-state index contributed by atoms with van der Waals surface area (Å²) < 4.78 is 52.3. The van der Waals surface area contributed by atoms with Gasteiger partial charge in [0.2, 0.25) is 0 Å². The largest absolute Gasteiger partial charge is 0.494 e. The molecular formula is C37H55F3O3. The Morgan fingerprint density at radius 1 is 1.00 bits per heavy atom. The minimum Gasteiger partial charge on any atom is -0.494 e. The molecule has 4 atom stereocenters. The minimum absolute atomic E-state index is 0. The molecule has 2 unspecified atom stereocenters. The molecule has 0 heterocycles. The van der Waals surface area contributed by atoms with Gasteiger partial charge in [0.15, 0.2) is 0 Å². The molecule has 0 amide bonds. The number of hydrogen-bond acceptors (Lipinski definition) is 3. The van der Waals surface area contributed by atoms with Gasteiger partial charge in [-0.25, -0.2) is 0 Å². The van der Waals surface area contributed by atoms with E-state index in [1.165, 1.54) is 11.1 Å². The third kappa shape index (κ3) is 13.9. The van der Waals surface area contributed by atoms with Crippen LogP contribution in [0.1, 0.15) is 71.6 Å². The topological polar surface area (TPSA) is 27.7 Å². The zero-order valence-corrected chi connectivity index (χ0v) is 27.3. The van der Waals surface area contributed by atoms with E-state index < -0.39 is 6.18 Å². The maximum Gasteiger partial charge on any atom is 0.409 e. The highest BCUT2D eigenvalue weighted by molar-refractivity contribution is 5.51. The molecule has 6 heteroatoms. The van der Waals surface area contributed by atoms with E-state index in [9.17, 15) is 13.2 Å². The Hall–Kier alpha value is -3.05. The molecule has 1 aliphatic rings. The van der Waals surface area contributed by atoms with Crippen LogP contribution in [0.2, 0.25) is 0 Å². The highest BCUT2D eigenvalue weighted by Crippen LogP contribution is 2.38. The van der Waals surface area contributed by atoms with E-state index in [4.69, 9.17) is 4.74 Å². The van der Waals surface area contributed by atoms with Crippen LogP contribution < -0.4 is 4.74 Å². The number of methoxy groups -OCH3 is 2. The van der Waals surface area contributed by atoms with Gasteiger partial charge in [-0.2, -0.15) is 13.2 Å². The molecular weight excluding hydrogens is 549 g/mol. The highest BCUT2D eigenvalue weighted by atomic mass is 19.4. The van der Waals surface area contributed by atoms with Gasteiger partial charge < -0.3 is 14.2 Å². The lowest BCUT2D eigenvalue weighted by molar-refractivity contribution is -0.0790. The molecule has 0 bridgehead atoms. The van der Waals surface area contributed by atoms with Gasteiger partial charge in [0.1, 0.15) is 5.75 Å². The van der Waals surface area contributed by atoms with Crippen molar-refractivity contribution in [3.8, 4) is 5.75 Å². The zero-order valence-electron chi connectivity index (χ0n) is 27.3. The lowest BCUT2D eigenvalue weighted by Gasteiger charge is -2.29. The Balaban J connectivity index is 0. The SMILES string of the molecule is C=C=C(Cc1ccc(C(C)Cc2cccc(/C=C\C(F)(F)F)c2)c(OCC)c1)C1[C@H](C)CC=CC[C@@H]1C.COC.COC.[HH].[HH]. The Bertz CT molecular complexity index is 1190. The van der Waals surface area contributed by atoms with Crippen molar-refractivity contribution < 1.29 is 30.2 Å². The molecule has 3 rings (SSSR count). The van der Waals surface area contributed by atoms with Gasteiger partial charge in [-0.05, 0) is 83.8 Å². The summed E-state index contributed by atoms with van der Waals surface area (Å²) in [5, 5.41) is 0. The predicted octanol–water partition coefficient (Wildman–Crippen LogP) is 10.5. The Labute approximate surface area is 261 Å². The van der Waals surface area contributed by atoms with Crippen molar-refractivity contribution >= 4 is 6.08 Å². The summed E-state index contributed by atoms with van der Waals surface area (Å²) in [5.41, 5.74) is 8.36. The van der Waals surface area contributed by atoms with E-state index in [2.05, 4.69) is 72.9 Å². The van der Waals surface area contributed by atoms with Crippen molar-refractivity contribution in [2.75, 3.05) is 35.0 Å². The quantitative estimate of drug-likeness (QED) is 0.211. The van der Waals surface area contributed by atoms with Crippen molar-refractivity contribution in [3.63, 3.8) is 0 Å². The van der Waals surface area contributed by atoms with Crippen LogP contribution in [0.15, 0.2) is 78.6 Å². The standard InChI is InChI=1S/C33H39F3O.2C2H6O.2H2/c1-6-29(32-23(3)11-8-9-12-24(32)4)21-28-15-16-30(31(22-28)37-7-2)25(5)19-27-14-10-13-26(20-27)17-18-33(34,35)36;2*1-3-2;;/h8-10,13-18,20,22-25,32H,1,7,11-12,19,21H2,2-5H3;2*1-2H3;2*1H/b18-17-;;;;/t23-,24+,25?,32?;;;;. The second-order valence-corrected chi connectivity index (χ2v) is 11.1. The van der Waals surface area contributed by atoms with Crippen LogP contribution in [0.5, 0.6) is 5.75 Å². The number of rotatable bonds is 9. The van der Waals surface area contributed by atoms with E-state index in [1.807, 2.05) is 19.1 Å². The molecule has 3 nitrogen and oxygen atoms in total. The molecule has 0 aliphatic heterocycles. The van der Waals surface area contributed by atoms with Gasteiger partial charge >= 0.3 is 6.18 Å². The minimum atomic E-state index is -4.32. The maximum absolute atomic E-state index is 12.6. The number of benzene rings is 2. The van der Waals surface area contributed by atoms with Crippen LogP contribution in [0, 0.1) is 17.8 Å². The van der Waals surface area contributed by atoms with Gasteiger partial charge in [-0.15, -0.1) is 5.73 Å². The Morgan fingerprint density at radius 3 is 2.14 bits per heavy atom. The average Bonchev–Trinajstić information content (AvgIpc) is 3.11. The van der Waals surface area contributed by atoms with Crippen molar-refractivity contribution in [1.29, 1.82) is 0 Å². The van der Waals surface area contributed by atoms with Crippen LogP contribution in [0.25, 0.3) is 6.08 Å². The van der Waals surface area contributed by atoms with Gasteiger partial charge in [0, 0.05) is 43.8 Å². The Morgan fingerprint density at radius 2 is 1.60 bits per heavy atom. The van der Waals surface area contributed by atoms with Crippen molar-refractivity contribution in [1.82, 2.24) is 0 Å². The predicted molar refractivity (Wildman–Crippen MR) is 178 cm³/mol. The van der Waals surface area contributed by atoms with E-state index in [0.717, 1.165) is 42.2 Å². The van der Waals surface area contributed by atoms with Crippen LogP contribution in [-0.2, 0) is 22.3 Å². The number of hydrogen-bond donors (Lipinski definition) is 0. The maximum atomic E-state index is 12.6. The molecule has 2 aromatic carbocycles. The van der Waals surface area contributed by atoms with Crippen LogP contribution in [-0.4, -0.2) is 41.2 Å². The molecule has 2 aromatic rings. The zero-order chi connectivity index (χ0) is 32.4. The van der Waals surface area contributed by atoms with E-state index in [1.54, 1.807) is 40.6 Å². The molecule has 0 N–H and O–H groups in total. The molecule has 242 valence electrons. The average molecular weight is 605 g/mol. The van der Waals surface area contributed by atoms with Crippen molar-refractivity contribution in [2.45, 2.75) is 65.5 Å². The second kappa shape index (κ2) is 20.0. The van der Waals surface area contributed by atoms with E-state index in [0.29, 0.717) is 36.3 Å². The van der Waals surface area contributed by atoms with E-state index in [-0.39, 0.29) is 14.8 Å². The second-order valence-electron chi connectivity index (χ2n) is 11.1. The van der Waals surface area contributed by atoms with Gasteiger partial charge in [0.05, 0.1) is 6.61 Å².